The highest BCUT2D eigenvalue weighted by atomic mass is 16.1. The Morgan fingerprint density at radius 3 is 1.77 bits per heavy atom. The molecular weight excluding hydrogens is 324 g/mol. The van der Waals surface area contributed by atoms with Crippen LogP contribution < -0.4 is 11.5 Å². The molecule has 5 atom stereocenters. The lowest BCUT2D eigenvalue weighted by molar-refractivity contribution is -0.130. The zero-order chi connectivity index (χ0) is 19.5. The number of Topliss-reactive ketones (excluding diaryl/α,β-unsaturated/α-hetero) is 2. The van der Waals surface area contributed by atoms with Crippen molar-refractivity contribution in [3.8, 4) is 0 Å². The summed E-state index contributed by atoms with van der Waals surface area (Å²) in [7, 11) is 0. The van der Waals surface area contributed by atoms with Gasteiger partial charge in [-0.25, -0.2) is 0 Å². The lowest BCUT2D eigenvalue weighted by atomic mass is 9.65. The fourth-order valence-corrected chi connectivity index (χ4v) is 6.68. The Bertz CT molecular complexity index is 611. The molecule has 26 heavy (non-hydrogen) atoms. The molecule has 4 fully saturated rings. The second kappa shape index (κ2) is 6.13. The molecule has 4 nitrogen and oxygen atoms in total. The van der Waals surface area contributed by atoms with E-state index in [9.17, 15) is 9.59 Å². The van der Waals surface area contributed by atoms with Crippen molar-refractivity contribution in [1.82, 2.24) is 0 Å². The van der Waals surface area contributed by atoms with Crippen molar-refractivity contribution in [3.63, 3.8) is 0 Å². The lowest BCUT2D eigenvalue weighted by Crippen LogP contribution is -2.43. The molecule has 4 bridgehead atoms. The third-order valence-electron chi connectivity index (χ3n) is 9.54. The minimum atomic E-state index is -0.156. The Morgan fingerprint density at radius 2 is 1.46 bits per heavy atom. The van der Waals surface area contributed by atoms with E-state index in [-0.39, 0.29) is 27.7 Å². The van der Waals surface area contributed by atoms with E-state index in [0.29, 0.717) is 29.9 Å². The van der Waals surface area contributed by atoms with Gasteiger partial charge in [-0.05, 0) is 54.8 Å². The molecule has 4 rings (SSSR count). The van der Waals surface area contributed by atoms with Crippen LogP contribution in [0.1, 0.15) is 79.6 Å². The number of hydrogen-bond donors (Lipinski definition) is 2. The lowest BCUT2D eigenvalue weighted by Gasteiger charge is -2.38. The minimum Gasteiger partial charge on any atom is -0.329 e. The van der Waals surface area contributed by atoms with Crippen LogP contribution in [0.15, 0.2) is 0 Å². The van der Waals surface area contributed by atoms with E-state index >= 15 is 0 Å². The van der Waals surface area contributed by atoms with Crippen molar-refractivity contribution in [2.75, 3.05) is 6.54 Å². The van der Waals surface area contributed by atoms with Crippen LogP contribution in [0.5, 0.6) is 0 Å². The first-order valence-electron chi connectivity index (χ1n) is 10.4. The van der Waals surface area contributed by atoms with E-state index in [1.807, 2.05) is 0 Å². The summed E-state index contributed by atoms with van der Waals surface area (Å²) in [5.41, 5.74) is 11.8. The van der Waals surface area contributed by atoms with E-state index < -0.39 is 0 Å². The van der Waals surface area contributed by atoms with Gasteiger partial charge in [-0.3, -0.25) is 9.59 Å². The van der Waals surface area contributed by atoms with Gasteiger partial charge in [0.15, 0.2) is 0 Å². The van der Waals surface area contributed by atoms with Crippen molar-refractivity contribution in [2.24, 2.45) is 45.0 Å². The third kappa shape index (κ3) is 2.47. The predicted octanol–water partition coefficient (Wildman–Crippen LogP) is 3.46. The third-order valence-corrected chi connectivity index (χ3v) is 9.54. The summed E-state index contributed by atoms with van der Waals surface area (Å²) in [4.78, 5) is 23.7. The van der Waals surface area contributed by atoms with Crippen LogP contribution in [0.3, 0.4) is 0 Å². The molecule has 0 aromatic rings. The maximum atomic E-state index is 12.1. The van der Waals surface area contributed by atoms with Gasteiger partial charge in [0.1, 0.15) is 11.6 Å². The first kappa shape index (κ1) is 20.0. The maximum Gasteiger partial charge on any atom is 0.139 e. The highest BCUT2D eigenvalue weighted by molar-refractivity contribution is 5.90. The molecule has 0 saturated heterocycles. The van der Waals surface area contributed by atoms with Gasteiger partial charge in [-0.2, -0.15) is 0 Å². The monoisotopic (exact) mass is 362 g/mol. The SMILES string of the molecule is CC1(C)C2CCC1(CC(N)CN)C(=O)C2.CC12CCC(CC1=O)C2(C)C. The quantitative estimate of drug-likeness (QED) is 0.805. The van der Waals surface area contributed by atoms with Crippen LogP contribution in [0.2, 0.25) is 0 Å². The van der Waals surface area contributed by atoms with Gasteiger partial charge in [-0.15, -0.1) is 0 Å². The molecule has 4 saturated carbocycles. The van der Waals surface area contributed by atoms with E-state index in [1.54, 1.807) is 0 Å². The van der Waals surface area contributed by atoms with E-state index in [4.69, 9.17) is 11.5 Å². The first-order valence-corrected chi connectivity index (χ1v) is 10.4. The Labute approximate surface area is 158 Å². The van der Waals surface area contributed by atoms with Gasteiger partial charge in [-0.1, -0.05) is 34.6 Å². The zero-order valence-electron chi connectivity index (χ0n) is 17.4. The zero-order valence-corrected chi connectivity index (χ0v) is 17.4. The highest BCUT2D eigenvalue weighted by Gasteiger charge is 2.64. The van der Waals surface area contributed by atoms with Crippen molar-refractivity contribution in [3.05, 3.63) is 0 Å². The molecule has 0 amide bonds. The summed E-state index contributed by atoms with van der Waals surface area (Å²) >= 11 is 0. The first-order chi connectivity index (χ1) is 11.9. The molecule has 148 valence electrons. The molecule has 4 N–H and O–H groups in total. The maximum absolute atomic E-state index is 12.1. The number of hydrogen-bond acceptors (Lipinski definition) is 4. The summed E-state index contributed by atoms with van der Waals surface area (Å²) in [6.45, 7) is 11.6. The summed E-state index contributed by atoms with van der Waals surface area (Å²) in [6, 6.07) is -0.0231. The van der Waals surface area contributed by atoms with Crippen LogP contribution >= 0.6 is 0 Å². The van der Waals surface area contributed by atoms with Crippen LogP contribution in [0, 0.1) is 33.5 Å². The summed E-state index contributed by atoms with van der Waals surface area (Å²) in [5, 5.41) is 0. The topological polar surface area (TPSA) is 86.2 Å². The molecule has 0 heterocycles. The molecule has 4 aliphatic rings. The Kier molecular flexibility index (Phi) is 4.72. The minimum absolute atomic E-state index is 0.0231. The smallest absolute Gasteiger partial charge is 0.139 e. The number of ketones is 2. The van der Waals surface area contributed by atoms with Gasteiger partial charge in [0.05, 0.1) is 0 Å². The van der Waals surface area contributed by atoms with Crippen molar-refractivity contribution < 1.29 is 9.59 Å². The van der Waals surface area contributed by atoms with E-state index in [2.05, 4.69) is 34.6 Å². The molecule has 0 spiro atoms. The van der Waals surface area contributed by atoms with Gasteiger partial charge in [0, 0.05) is 36.3 Å². The summed E-state index contributed by atoms with van der Waals surface area (Å²) in [5.74, 6) is 2.21. The average Bonchev–Trinajstić information content (AvgIpc) is 3.07. The molecule has 4 heteroatoms. The molecule has 4 aliphatic carbocycles. The van der Waals surface area contributed by atoms with Gasteiger partial charge in [0.2, 0.25) is 0 Å². The number of fused-ring (bicyclic) bond motifs is 4. The standard InChI is InChI=1S/C12H22N2O.C10H16O/c1-11(2)8-3-4-12(11,10(15)5-8)6-9(14)7-13;1-9(2)7-4-5-10(9,3)8(11)6-7/h8-9H,3-7,13-14H2,1-2H3;7H,4-6H2,1-3H3. The second-order valence-electron chi connectivity index (χ2n) is 10.8. The predicted molar refractivity (Wildman–Crippen MR) is 104 cm³/mol. The average molecular weight is 363 g/mol. The fourth-order valence-electron chi connectivity index (χ4n) is 6.68. The van der Waals surface area contributed by atoms with Gasteiger partial charge >= 0.3 is 0 Å². The van der Waals surface area contributed by atoms with Crippen molar-refractivity contribution in [2.45, 2.75) is 85.6 Å². The molecule has 0 radical (unpaired) electrons. The van der Waals surface area contributed by atoms with E-state index in [0.717, 1.165) is 32.1 Å². The normalized spacial score (nSPS) is 42.7. The molecular formula is C22H38N2O2. The summed E-state index contributed by atoms with van der Waals surface area (Å²) < 4.78 is 0. The van der Waals surface area contributed by atoms with Crippen LogP contribution in [0.25, 0.3) is 0 Å². The van der Waals surface area contributed by atoms with Crippen molar-refractivity contribution in [1.29, 1.82) is 0 Å². The van der Waals surface area contributed by atoms with Crippen LogP contribution in [-0.2, 0) is 9.59 Å². The van der Waals surface area contributed by atoms with Gasteiger partial charge < -0.3 is 11.5 Å². The van der Waals surface area contributed by atoms with Crippen molar-refractivity contribution >= 4 is 11.6 Å². The molecule has 0 aliphatic heterocycles. The highest BCUT2D eigenvalue weighted by Crippen LogP contribution is 2.65. The van der Waals surface area contributed by atoms with E-state index in [1.165, 1.54) is 12.8 Å². The van der Waals surface area contributed by atoms with Crippen LogP contribution in [-0.4, -0.2) is 24.2 Å². The molecule has 0 aromatic carbocycles. The van der Waals surface area contributed by atoms with Crippen LogP contribution in [0.4, 0.5) is 0 Å². The number of nitrogens with two attached hydrogens (primary N) is 2. The number of rotatable bonds is 3. The molecule has 5 unspecified atom stereocenters. The number of carbonyl (C=O) groups is 2. The molecule has 0 aromatic heterocycles. The summed E-state index contributed by atoms with van der Waals surface area (Å²) in [6.07, 6.45) is 7.02. The second-order valence-corrected chi connectivity index (χ2v) is 10.8. The Hall–Kier alpha value is -0.740. The largest absolute Gasteiger partial charge is 0.329 e. The fraction of sp³-hybridized carbons (Fsp3) is 0.909. The number of carbonyl (C=O) groups excluding carboxylic acids is 2. The Balaban J connectivity index is 0.000000158. The van der Waals surface area contributed by atoms with Gasteiger partial charge in [0.25, 0.3) is 0 Å². The Morgan fingerprint density at radius 1 is 0.923 bits per heavy atom.